The summed E-state index contributed by atoms with van der Waals surface area (Å²) in [5.74, 6) is -2.35. The molecule has 0 radical (unpaired) electrons. The number of aryl methyl sites for hydroxylation is 1. The Kier molecular flexibility index (Phi) is 7.55. The first kappa shape index (κ1) is 25.9. The van der Waals surface area contributed by atoms with E-state index >= 15 is 0 Å². The van der Waals surface area contributed by atoms with Crippen molar-refractivity contribution in [1.29, 1.82) is 5.26 Å². The lowest BCUT2D eigenvalue weighted by atomic mass is 9.83. The zero-order valence-electron chi connectivity index (χ0n) is 20.2. The molecule has 1 atom stereocenters. The maximum absolute atomic E-state index is 14.7. The number of carbonyl (C=O) groups excluding carboxylic acids is 2. The Balaban J connectivity index is 1.55. The van der Waals surface area contributed by atoms with E-state index in [0.717, 1.165) is 0 Å². The molecular weight excluding hydrogens is 481 g/mol. The molecule has 2 amide bonds. The molecule has 2 aromatic rings. The Bertz CT molecular complexity index is 1330. The maximum Gasteiger partial charge on any atom is 0.303 e. The highest BCUT2D eigenvalue weighted by atomic mass is 19.1. The van der Waals surface area contributed by atoms with Gasteiger partial charge in [-0.2, -0.15) is 5.26 Å². The first-order valence-electron chi connectivity index (χ1n) is 11.8. The van der Waals surface area contributed by atoms with Crippen LogP contribution in [-0.4, -0.2) is 49.8 Å². The molecule has 10 heteroatoms. The van der Waals surface area contributed by atoms with Crippen LogP contribution in [0, 0.1) is 17.1 Å². The number of ether oxygens (including phenoxy) is 2. The van der Waals surface area contributed by atoms with E-state index in [0.29, 0.717) is 47.2 Å². The van der Waals surface area contributed by atoms with E-state index in [2.05, 4.69) is 10.6 Å². The van der Waals surface area contributed by atoms with Crippen LogP contribution in [0.15, 0.2) is 42.0 Å². The average Bonchev–Trinajstić information content (AvgIpc) is 3.59. The number of nitrogens with one attached hydrogen (secondary N) is 2. The number of hydrogen-bond donors (Lipinski definition) is 3. The molecule has 1 aliphatic carbocycles. The van der Waals surface area contributed by atoms with E-state index in [1.807, 2.05) is 6.07 Å². The molecule has 0 fully saturated rings. The molecule has 2 aliphatic rings. The van der Waals surface area contributed by atoms with E-state index in [4.69, 9.17) is 14.6 Å². The maximum atomic E-state index is 14.7. The summed E-state index contributed by atoms with van der Waals surface area (Å²) in [5, 5.41) is 23.7. The molecule has 0 saturated carbocycles. The zero-order chi connectivity index (χ0) is 26.6. The number of allylic oxidation sites excluding steroid dienone is 1. The van der Waals surface area contributed by atoms with Crippen molar-refractivity contribution in [2.75, 3.05) is 32.2 Å². The number of carbonyl (C=O) groups is 3. The van der Waals surface area contributed by atoms with Gasteiger partial charge < -0.3 is 25.2 Å². The number of carboxylic acids is 1. The highest BCUT2D eigenvalue weighted by Gasteiger charge is 2.52. The molecular formula is C27H26FN3O6. The van der Waals surface area contributed by atoms with Crippen LogP contribution in [0.4, 0.5) is 10.1 Å². The van der Waals surface area contributed by atoms with E-state index in [-0.39, 0.29) is 37.5 Å². The minimum atomic E-state index is -0.911. The monoisotopic (exact) mass is 507 g/mol. The van der Waals surface area contributed by atoms with Gasteiger partial charge in [0.1, 0.15) is 11.6 Å². The number of nitriles is 1. The number of amides is 2. The number of fused-ring (bicyclic) bond motifs is 2. The summed E-state index contributed by atoms with van der Waals surface area (Å²) < 4.78 is 25.2. The van der Waals surface area contributed by atoms with E-state index in [9.17, 15) is 24.0 Å². The number of halogens is 1. The number of rotatable bonds is 10. The average molecular weight is 508 g/mol. The molecule has 0 unspecified atom stereocenters. The van der Waals surface area contributed by atoms with Gasteiger partial charge in [-0.3, -0.25) is 14.4 Å². The topological polar surface area (TPSA) is 138 Å². The largest absolute Gasteiger partial charge is 0.493 e. The van der Waals surface area contributed by atoms with Gasteiger partial charge in [0.05, 0.1) is 35.8 Å². The number of benzene rings is 2. The third kappa shape index (κ3) is 5.47. The molecule has 2 aromatic carbocycles. The van der Waals surface area contributed by atoms with Gasteiger partial charge in [0.2, 0.25) is 0 Å². The molecule has 4 rings (SSSR count). The van der Waals surface area contributed by atoms with Crippen molar-refractivity contribution < 1.29 is 33.4 Å². The van der Waals surface area contributed by atoms with E-state index in [1.165, 1.54) is 19.2 Å². The van der Waals surface area contributed by atoms with E-state index in [1.54, 1.807) is 24.3 Å². The zero-order valence-corrected chi connectivity index (χ0v) is 20.2. The first-order valence-corrected chi connectivity index (χ1v) is 11.8. The van der Waals surface area contributed by atoms with Gasteiger partial charge in [-0.15, -0.1) is 0 Å². The van der Waals surface area contributed by atoms with Crippen molar-refractivity contribution in [3.05, 3.63) is 70.1 Å². The number of methoxy groups -OCH3 is 1. The standard InChI is InChI=1S/C27H26FN3O6/c1-36-10-8-30-25(34)18-12-19-23(13-21(18)28)37-9-7-27(19)14-20(27)26(35)31-22-11-16(15-29)5-6-17(22)3-2-4-24(32)33/h5-6,11-14H,2-4,7-10H2,1H3,(H,30,34)(H,31,35)(H,32,33)/t27-/m0/s1. The Hall–Kier alpha value is -4.23. The second-order valence-electron chi connectivity index (χ2n) is 8.89. The summed E-state index contributed by atoms with van der Waals surface area (Å²) in [6.07, 6.45) is 2.99. The summed E-state index contributed by atoms with van der Waals surface area (Å²) in [6.45, 7) is 0.766. The molecule has 192 valence electrons. The van der Waals surface area contributed by atoms with Crippen LogP contribution in [0.25, 0.3) is 0 Å². The van der Waals surface area contributed by atoms with Gasteiger partial charge >= 0.3 is 5.97 Å². The van der Waals surface area contributed by atoms with Crippen LogP contribution in [0.2, 0.25) is 0 Å². The normalized spacial score (nSPS) is 17.2. The van der Waals surface area contributed by atoms with Crippen LogP contribution >= 0.6 is 0 Å². The van der Waals surface area contributed by atoms with Crippen molar-refractivity contribution in [2.45, 2.75) is 31.1 Å². The Morgan fingerprint density at radius 2 is 2.05 bits per heavy atom. The van der Waals surface area contributed by atoms with Gasteiger partial charge in [0, 0.05) is 43.0 Å². The van der Waals surface area contributed by atoms with Crippen LogP contribution in [-0.2, 0) is 26.2 Å². The molecule has 0 aromatic heterocycles. The van der Waals surface area contributed by atoms with Crippen molar-refractivity contribution in [1.82, 2.24) is 5.32 Å². The van der Waals surface area contributed by atoms with Crippen molar-refractivity contribution in [3.63, 3.8) is 0 Å². The molecule has 1 heterocycles. The highest BCUT2D eigenvalue weighted by Crippen LogP contribution is 2.55. The number of carboxylic acid groups (broad SMARTS) is 1. The molecule has 1 spiro atoms. The minimum absolute atomic E-state index is 0.0175. The predicted octanol–water partition coefficient (Wildman–Crippen LogP) is 3.08. The van der Waals surface area contributed by atoms with Gasteiger partial charge in [-0.25, -0.2) is 4.39 Å². The fraction of sp³-hybridized carbons (Fsp3) is 0.333. The molecule has 37 heavy (non-hydrogen) atoms. The van der Waals surface area contributed by atoms with Crippen LogP contribution < -0.4 is 15.4 Å². The quantitative estimate of drug-likeness (QED) is 0.420. The van der Waals surface area contributed by atoms with Gasteiger partial charge in [-0.05, 0) is 43.0 Å². The number of anilines is 1. The Labute approximate surface area is 212 Å². The SMILES string of the molecule is COCCNC(=O)c1cc2c(cc1F)OCC[C@]21C=C1C(=O)Nc1cc(C#N)ccc1CCCC(=O)O. The smallest absolute Gasteiger partial charge is 0.303 e. The Morgan fingerprint density at radius 1 is 1.24 bits per heavy atom. The second-order valence-corrected chi connectivity index (χ2v) is 8.89. The molecule has 3 N–H and O–H groups in total. The fourth-order valence-corrected chi connectivity index (χ4v) is 4.52. The van der Waals surface area contributed by atoms with Crippen LogP contribution in [0.5, 0.6) is 5.75 Å². The van der Waals surface area contributed by atoms with Crippen molar-refractivity contribution in [3.8, 4) is 11.8 Å². The van der Waals surface area contributed by atoms with Crippen molar-refractivity contribution >= 4 is 23.5 Å². The molecule has 1 aliphatic heterocycles. The lowest BCUT2D eigenvalue weighted by Crippen LogP contribution is -2.30. The fourth-order valence-electron chi connectivity index (χ4n) is 4.52. The van der Waals surface area contributed by atoms with E-state index < -0.39 is 29.0 Å². The minimum Gasteiger partial charge on any atom is -0.493 e. The van der Waals surface area contributed by atoms with Gasteiger partial charge in [-0.1, -0.05) is 12.1 Å². The number of nitrogens with zero attached hydrogens (tertiary/aromatic N) is 1. The van der Waals surface area contributed by atoms with Crippen LogP contribution in [0.3, 0.4) is 0 Å². The third-order valence-electron chi connectivity index (χ3n) is 6.50. The third-order valence-corrected chi connectivity index (χ3v) is 6.50. The van der Waals surface area contributed by atoms with Crippen molar-refractivity contribution in [2.24, 2.45) is 0 Å². The summed E-state index contributed by atoms with van der Waals surface area (Å²) in [4.78, 5) is 36.7. The number of aliphatic carboxylic acids is 1. The second kappa shape index (κ2) is 10.8. The highest BCUT2D eigenvalue weighted by molar-refractivity contribution is 6.11. The molecule has 0 bridgehead atoms. The van der Waals surface area contributed by atoms with Crippen LogP contribution in [0.1, 0.15) is 46.3 Å². The lowest BCUT2D eigenvalue weighted by molar-refractivity contribution is -0.137. The number of hydrogen-bond acceptors (Lipinski definition) is 6. The lowest BCUT2D eigenvalue weighted by Gasteiger charge is -2.28. The summed E-state index contributed by atoms with van der Waals surface area (Å²) in [6, 6.07) is 9.51. The van der Waals surface area contributed by atoms with Gasteiger partial charge in [0.25, 0.3) is 11.8 Å². The Morgan fingerprint density at radius 3 is 2.78 bits per heavy atom. The summed E-state index contributed by atoms with van der Waals surface area (Å²) in [7, 11) is 1.49. The van der Waals surface area contributed by atoms with Gasteiger partial charge in [0.15, 0.2) is 0 Å². The summed E-state index contributed by atoms with van der Waals surface area (Å²) >= 11 is 0. The molecule has 9 nitrogen and oxygen atoms in total. The summed E-state index contributed by atoms with van der Waals surface area (Å²) in [5.41, 5.74) is 1.55. The first-order chi connectivity index (χ1) is 17.8. The molecule has 0 saturated heterocycles. The predicted molar refractivity (Wildman–Crippen MR) is 131 cm³/mol.